The van der Waals surface area contributed by atoms with Crippen molar-refractivity contribution >= 4 is 0 Å². The van der Waals surface area contributed by atoms with Crippen LogP contribution >= 0.6 is 0 Å². The number of rotatable bonds is 2. The standard InChI is InChI=1S/C5H16N4/c1-3-5(8,9)4(2,6)7/h3,6-9H2,1-2H3. The molecule has 4 heteroatoms. The van der Waals surface area contributed by atoms with Crippen LogP contribution in [0.2, 0.25) is 0 Å². The molecule has 0 aromatic heterocycles. The van der Waals surface area contributed by atoms with Crippen LogP contribution in [0.5, 0.6) is 0 Å². The van der Waals surface area contributed by atoms with E-state index in [0.29, 0.717) is 6.42 Å². The van der Waals surface area contributed by atoms with Gasteiger partial charge in [-0.05, 0) is 13.3 Å². The summed E-state index contributed by atoms with van der Waals surface area (Å²) in [6, 6.07) is 0. The Morgan fingerprint density at radius 1 is 1.11 bits per heavy atom. The van der Waals surface area contributed by atoms with Crippen molar-refractivity contribution in [2.45, 2.75) is 31.6 Å². The van der Waals surface area contributed by atoms with E-state index >= 15 is 0 Å². The van der Waals surface area contributed by atoms with Crippen LogP contribution in [0.15, 0.2) is 0 Å². The molecule has 0 saturated carbocycles. The predicted molar refractivity (Wildman–Crippen MR) is 38.2 cm³/mol. The Labute approximate surface area is 55.6 Å². The van der Waals surface area contributed by atoms with E-state index in [1.165, 1.54) is 0 Å². The van der Waals surface area contributed by atoms with E-state index in [1.54, 1.807) is 6.92 Å². The van der Waals surface area contributed by atoms with Crippen LogP contribution in [-0.2, 0) is 0 Å². The van der Waals surface area contributed by atoms with Gasteiger partial charge < -0.3 is 22.9 Å². The van der Waals surface area contributed by atoms with Gasteiger partial charge in [-0.1, -0.05) is 6.92 Å². The molecule has 0 saturated heterocycles. The van der Waals surface area contributed by atoms with E-state index < -0.39 is 11.3 Å². The zero-order valence-electron chi connectivity index (χ0n) is 6.02. The molecule has 0 amide bonds. The molecule has 9 heavy (non-hydrogen) atoms. The van der Waals surface area contributed by atoms with Crippen LogP contribution in [0.1, 0.15) is 20.3 Å². The maximum absolute atomic E-state index is 5.52. The Morgan fingerprint density at radius 3 is 1.44 bits per heavy atom. The maximum atomic E-state index is 5.52. The fourth-order valence-corrected chi connectivity index (χ4v) is 0.381. The summed E-state index contributed by atoms with van der Waals surface area (Å²) < 4.78 is 0. The minimum atomic E-state index is -0.998. The van der Waals surface area contributed by atoms with Gasteiger partial charge in [0.25, 0.3) is 0 Å². The van der Waals surface area contributed by atoms with Crippen molar-refractivity contribution in [1.29, 1.82) is 0 Å². The summed E-state index contributed by atoms with van der Waals surface area (Å²) in [6.07, 6.45) is 0.566. The van der Waals surface area contributed by atoms with Gasteiger partial charge in [0.1, 0.15) is 0 Å². The molecule has 4 nitrogen and oxygen atoms in total. The average molecular weight is 132 g/mol. The highest BCUT2D eigenvalue weighted by Crippen LogP contribution is 2.07. The lowest BCUT2D eigenvalue weighted by atomic mass is 9.95. The lowest BCUT2D eigenvalue weighted by Gasteiger charge is -2.36. The van der Waals surface area contributed by atoms with Crippen molar-refractivity contribution in [3.05, 3.63) is 0 Å². The average Bonchev–Trinajstić information content (AvgIpc) is 1.64. The van der Waals surface area contributed by atoms with Crippen LogP contribution in [0.4, 0.5) is 0 Å². The Kier molecular flexibility index (Phi) is 2.19. The van der Waals surface area contributed by atoms with Gasteiger partial charge in [0.15, 0.2) is 0 Å². The molecule has 0 aliphatic rings. The summed E-state index contributed by atoms with van der Waals surface area (Å²) in [5, 5.41) is 0. The predicted octanol–water partition coefficient (Wildman–Crippen LogP) is -1.36. The first kappa shape index (κ1) is 8.84. The first-order valence-electron chi connectivity index (χ1n) is 2.97. The first-order chi connectivity index (χ1) is 3.81. The van der Waals surface area contributed by atoms with Crippen molar-refractivity contribution in [1.82, 2.24) is 0 Å². The zero-order chi connectivity index (χ0) is 7.71. The van der Waals surface area contributed by atoms with Crippen LogP contribution in [0, 0.1) is 0 Å². The summed E-state index contributed by atoms with van der Waals surface area (Å²) in [6.45, 7) is 3.45. The van der Waals surface area contributed by atoms with Gasteiger partial charge in [0, 0.05) is 0 Å². The third-order valence-corrected chi connectivity index (χ3v) is 1.59. The Balaban J connectivity index is 4.14. The SMILES string of the molecule is CCC(N)(N)C(C)(N)N. The van der Waals surface area contributed by atoms with Gasteiger partial charge in [-0.2, -0.15) is 0 Å². The second kappa shape index (κ2) is 2.22. The molecule has 0 heterocycles. The normalized spacial score (nSPS) is 14.0. The molecule has 0 unspecified atom stereocenters. The molecule has 0 rings (SSSR count). The molecule has 56 valence electrons. The minimum Gasteiger partial charge on any atom is -0.311 e. The molecule has 0 atom stereocenters. The lowest BCUT2D eigenvalue weighted by Crippen LogP contribution is -2.74. The highest BCUT2D eigenvalue weighted by atomic mass is 15.1. The first-order valence-corrected chi connectivity index (χ1v) is 2.97. The van der Waals surface area contributed by atoms with Crippen molar-refractivity contribution in [3.8, 4) is 0 Å². The number of hydrogen-bond acceptors (Lipinski definition) is 4. The van der Waals surface area contributed by atoms with Crippen LogP contribution in [-0.4, -0.2) is 11.3 Å². The van der Waals surface area contributed by atoms with Crippen LogP contribution < -0.4 is 22.9 Å². The molecule has 8 N–H and O–H groups in total. The highest BCUT2D eigenvalue weighted by molar-refractivity contribution is 4.94. The summed E-state index contributed by atoms with van der Waals surface area (Å²) in [5.74, 6) is 0. The van der Waals surface area contributed by atoms with Gasteiger partial charge in [-0.15, -0.1) is 0 Å². The van der Waals surface area contributed by atoms with Crippen molar-refractivity contribution in [2.75, 3.05) is 0 Å². The van der Waals surface area contributed by atoms with Crippen LogP contribution in [0.25, 0.3) is 0 Å². The molecular weight excluding hydrogens is 116 g/mol. The molecule has 0 aromatic rings. The zero-order valence-corrected chi connectivity index (χ0v) is 6.02. The van der Waals surface area contributed by atoms with Gasteiger partial charge >= 0.3 is 0 Å². The number of nitrogens with two attached hydrogens (primary N) is 4. The van der Waals surface area contributed by atoms with E-state index in [9.17, 15) is 0 Å². The third kappa shape index (κ3) is 1.91. The van der Waals surface area contributed by atoms with Gasteiger partial charge in [0.2, 0.25) is 0 Å². The fraction of sp³-hybridized carbons (Fsp3) is 1.00. The van der Waals surface area contributed by atoms with Crippen LogP contribution in [0.3, 0.4) is 0 Å². The molecule has 0 spiro atoms. The monoisotopic (exact) mass is 132 g/mol. The van der Waals surface area contributed by atoms with E-state index in [0.717, 1.165) is 0 Å². The van der Waals surface area contributed by atoms with Gasteiger partial charge in [-0.3, -0.25) is 0 Å². The Hall–Kier alpha value is -0.160. The second-order valence-electron chi connectivity index (χ2n) is 2.68. The van der Waals surface area contributed by atoms with Crippen molar-refractivity contribution in [3.63, 3.8) is 0 Å². The fourth-order valence-electron chi connectivity index (χ4n) is 0.381. The molecule has 0 aliphatic heterocycles. The molecule has 0 bridgehead atoms. The summed E-state index contributed by atoms with van der Waals surface area (Å²) in [5.41, 5.74) is 20.0. The molecule has 0 fully saturated rings. The smallest absolute Gasteiger partial charge is 0.0950 e. The van der Waals surface area contributed by atoms with E-state index in [-0.39, 0.29) is 0 Å². The minimum absolute atomic E-state index is 0.566. The number of hydrogen-bond donors (Lipinski definition) is 4. The van der Waals surface area contributed by atoms with E-state index in [4.69, 9.17) is 22.9 Å². The topological polar surface area (TPSA) is 104 Å². The van der Waals surface area contributed by atoms with Gasteiger partial charge in [-0.25, -0.2) is 0 Å². The lowest BCUT2D eigenvalue weighted by molar-refractivity contribution is 0.244. The maximum Gasteiger partial charge on any atom is 0.0950 e. The molecule has 0 aliphatic carbocycles. The summed E-state index contributed by atoms with van der Waals surface area (Å²) in [7, 11) is 0. The summed E-state index contributed by atoms with van der Waals surface area (Å²) >= 11 is 0. The third-order valence-electron chi connectivity index (χ3n) is 1.59. The van der Waals surface area contributed by atoms with E-state index in [2.05, 4.69) is 0 Å². The highest BCUT2D eigenvalue weighted by Gasteiger charge is 2.33. The quantitative estimate of drug-likeness (QED) is 0.348. The summed E-state index contributed by atoms with van der Waals surface area (Å²) in [4.78, 5) is 0. The largest absolute Gasteiger partial charge is 0.311 e. The Bertz CT molecular complexity index is 91.6. The second-order valence-corrected chi connectivity index (χ2v) is 2.68. The molecule has 0 radical (unpaired) electrons. The molecular formula is C5H16N4. The van der Waals surface area contributed by atoms with Crippen molar-refractivity contribution in [2.24, 2.45) is 22.9 Å². The van der Waals surface area contributed by atoms with Crippen molar-refractivity contribution < 1.29 is 0 Å². The van der Waals surface area contributed by atoms with Gasteiger partial charge in [0.05, 0.1) is 11.3 Å². The molecule has 0 aromatic carbocycles. The van der Waals surface area contributed by atoms with E-state index in [1.807, 2.05) is 6.92 Å². The Morgan fingerprint density at radius 2 is 1.44 bits per heavy atom.